The van der Waals surface area contributed by atoms with Gasteiger partial charge in [0.25, 0.3) is 0 Å². The van der Waals surface area contributed by atoms with Gasteiger partial charge in [-0.05, 0) is 23.4 Å². The number of rotatable bonds is 2. The van der Waals surface area contributed by atoms with Crippen LogP contribution in [0.2, 0.25) is 18.1 Å². The molecule has 0 atom stereocenters. The molecule has 98 valence electrons. The lowest BCUT2D eigenvalue weighted by Crippen LogP contribution is -2.44. The summed E-state index contributed by atoms with van der Waals surface area (Å²) < 4.78 is 8.01. The Balaban J connectivity index is 2.73. The van der Waals surface area contributed by atoms with Crippen molar-refractivity contribution in [2.45, 2.75) is 38.9 Å². The van der Waals surface area contributed by atoms with Crippen molar-refractivity contribution in [2.75, 3.05) is 7.11 Å². The van der Waals surface area contributed by atoms with Crippen molar-refractivity contribution in [1.29, 1.82) is 0 Å². The zero-order chi connectivity index (χ0) is 13.6. The molecule has 0 aliphatic carbocycles. The number of hydrogen-bond donors (Lipinski definition) is 0. The summed E-state index contributed by atoms with van der Waals surface area (Å²) in [5.41, 5.74) is 1.24. The minimum absolute atomic E-state index is 0.305. The topological polar surface area (TPSA) is 14.2 Å². The molecule has 1 aromatic carbocycles. The molecule has 0 saturated carbocycles. The minimum Gasteiger partial charge on any atom is -0.495 e. The highest BCUT2D eigenvalue weighted by Crippen LogP contribution is 2.40. The van der Waals surface area contributed by atoms with Gasteiger partial charge in [0.2, 0.25) is 0 Å². The van der Waals surface area contributed by atoms with E-state index in [9.17, 15) is 0 Å². The summed E-state index contributed by atoms with van der Waals surface area (Å²) in [4.78, 5) is 0. The van der Waals surface area contributed by atoms with Gasteiger partial charge in [0, 0.05) is 5.39 Å². The summed E-state index contributed by atoms with van der Waals surface area (Å²) in [7, 11) is 0.144. The predicted octanol–water partition coefficient (Wildman–Crippen LogP) is 4.50. The second-order valence-electron chi connectivity index (χ2n) is 6.39. The van der Waals surface area contributed by atoms with E-state index in [2.05, 4.69) is 62.5 Å². The highest BCUT2D eigenvalue weighted by Gasteiger charge is 2.38. The maximum Gasteiger partial charge on any atom is 0.161 e. The second kappa shape index (κ2) is 4.16. The Morgan fingerprint density at radius 2 is 1.78 bits per heavy atom. The summed E-state index contributed by atoms with van der Waals surface area (Å²) in [6.07, 6.45) is 2.23. The number of aromatic nitrogens is 1. The van der Waals surface area contributed by atoms with Gasteiger partial charge < -0.3 is 8.97 Å². The van der Waals surface area contributed by atoms with Crippen LogP contribution in [0.5, 0.6) is 5.75 Å². The molecule has 2 rings (SSSR count). The van der Waals surface area contributed by atoms with E-state index >= 15 is 0 Å². The van der Waals surface area contributed by atoms with Gasteiger partial charge in [-0.3, -0.25) is 0 Å². The standard InChI is InChI=1S/C15H23NOSi/c1-15(2,3)18(5,6)16-11-10-12-8-7-9-13(17-4)14(12)16/h7-11H,1-6H3. The van der Waals surface area contributed by atoms with E-state index in [1.807, 2.05) is 6.07 Å². The Hall–Kier alpha value is -1.22. The van der Waals surface area contributed by atoms with E-state index in [0.29, 0.717) is 5.04 Å². The van der Waals surface area contributed by atoms with Crippen LogP contribution in [0.25, 0.3) is 10.9 Å². The molecule has 2 nitrogen and oxygen atoms in total. The van der Waals surface area contributed by atoms with Gasteiger partial charge in [-0.25, -0.2) is 0 Å². The largest absolute Gasteiger partial charge is 0.495 e. The third-order valence-electron chi connectivity index (χ3n) is 4.33. The molecule has 1 aromatic heterocycles. The van der Waals surface area contributed by atoms with Crippen molar-refractivity contribution >= 4 is 19.1 Å². The van der Waals surface area contributed by atoms with E-state index in [1.54, 1.807) is 7.11 Å². The second-order valence-corrected chi connectivity index (χ2v) is 11.5. The van der Waals surface area contributed by atoms with E-state index in [4.69, 9.17) is 4.74 Å². The molecule has 0 amide bonds. The van der Waals surface area contributed by atoms with Crippen LogP contribution >= 0.6 is 0 Å². The van der Waals surface area contributed by atoms with Crippen molar-refractivity contribution in [3.05, 3.63) is 30.5 Å². The summed E-state index contributed by atoms with van der Waals surface area (Å²) in [5.74, 6) is 0.974. The SMILES string of the molecule is COc1cccc2ccn([Si](C)(C)C(C)(C)C)c12. The van der Waals surface area contributed by atoms with Crippen molar-refractivity contribution in [3.63, 3.8) is 0 Å². The molecule has 0 saturated heterocycles. The van der Waals surface area contributed by atoms with Crippen LogP contribution in [0, 0.1) is 0 Å². The minimum atomic E-state index is -1.60. The Labute approximate surface area is 111 Å². The van der Waals surface area contributed by atoms with Crippen molar-refractivity contribution in [2.24, 2.45) is 0 Å². The summed E-state index contributed by atoms with van der Waals surface area (Å²) >= 11 is 0. The first-order valence-corrected chi connectivity index (χ1v) is 9.38. The molecule has 18 heavy (non-hydrogen) atoms. The average Bonchev–Trinajstić information content (AvgIpc) is 2.71. The van der Waals surface area contributed by atoms with Crippen LogP contribution in [0.15, 0.2) is 30.5 Å². The normalized spacial score (nSPS) is 13.0. The van der Waals surface area contributed by atoms with Crippen LogP contribution in [-0.2, 0) is 0 Å². The fourth-order valence-corrected chi connectivity index (χ4v) is 4.12. The number of para-hydroxylation sites is 1. The van der Waals surface area contributed by atoms with E-state index < -0.39 is 8.24 Å². The summed E-state index contributed by atoms with van der Waals surface area (Å²) in [6.45, 7) is 11.8. The van der Waals surface area contributed by atoms with E-state index in [1.165, 1.54) is 10.9 Å². The summed E-state index contributed by atoms with van der Waals surface area (Å²) in [6, 6.07) is 8.45. The molecule has 0 radical (unpaired) electrons. The summed E-state index contributed by atoms with van der Waals surface area (Å²) in [5, 5.41) is 1.57. The number of fused-ring (bicyclic) bond motifs is 1. The molecule has 0 N–H and O–H groups in total. The zero-order valence-corrected chi connectivity index (χ0v) is 13.2. The monoisotopic (exact) mass is 261 g/mol. The lowest BCUT2D eigenvalue weighted by atomic mass is 10.2. The Bertz CT molecular complexity index is 563. The first-order valence-electron chi connectivity index (χ1n) is 6.43. The molecule has 0 fully saturated rings. The first kappa shape index (κ1) is 13.2. The average molecular weight is 261 g/mol. The number of ether oxygens (including phenoxy) is 1. The molecular formula is C15H23NOSi. The molecule has 2 aromatic rings. The van der Waals surface area contributed by atoms with Gasteiger partial charge in [0.05, 0.1) is 12.6 Å². The molecule has 0 bridgehead atoms. The van der Waals surface area contributed by atoms with Gasteiger partial charge in [-0.1, -0.05) is 46.0 Å². The molecule has 0 aliphatic heterocycles. The lowest BCUT2D eigenvalue weighted by molar-refractivity contribution is 0.418. The van der Waals surface area contributed by atoms with Crippen molar-refractivity contribution in [1.82, 2.24) is 4.23 Å². The fourth-order valence-electron chi connectivity index (χ4n) is 2.15. The van der Waals surface area contributed by atoms with Crippen LogP contribution in [0.4, 0.5) is 0 Å². The third-order valence-corrected chi connectivity index (χ3v) is 9.58. The first-order chi connectivity index (χ1) is 8.29. The molecule has 0 spiro atoms. The molecular weight excluding hydrogens is 238 g/mol. The Morgan fingerprint density at radius 1 is 1.11 bits per heavy atom. The quantitative estimate of drug-likeness (QED) is 0.726. The van der Waals surface area contributed by atoms with Crippen LogP contribution in [0.1, 0.15) is 20.8 Å². The Kier molecular flexibility index (Phi) is 3.05. The fraction of sp³-hybridized carbons (Fsp3) is 0.467. The maximum atomic E-state index is 5.54. The van der Waals surface area contributed by atoms with Crippen LogP contribution in [0.3, 0.4) is 0 Å². The molecule has 1 heterocycles. The molecule has 0 aliphatic rings. The van der Waals surface area contributed by atoms with Crippen LogP contribution < -0.4 is 4.74 Å². The van der Waals surface area contributed by atoms with E-state index in [0.717, 1.165) is 5.75 Å². The van der Waals surface area contributed by atoms with Gasteiger partial charge in [0.15, 0.2) is 8.24 Å². The lowest BCUT2D eigenvalue weighted by Gasteiger charge is -2.38. The number of nitrogens with zero attached hydrogens (tertiary/aromatic N) is 1. The number of benzene rings is 1. The predicted molar refractivity (Wildman–Crippen MR) is 81.1 cm³/mol. The highest BCUT2D eigenvalue weighted by atomic mass is 28.3. The Morgan fingerprint density at radius 3 is 2.33 bits per heavy atom. The smallest absolute Gasteiger partial charge is 0.161 e. The van der Waals surface area contributed by atoms with E-state index in [-0.39, 0.29) is 0 Å². The van der Waals surface area contributed by atoms with Crippen molar-refractivity contribution < 1.29 is 4.74 Å². The molecule has 0 unspecified atom stereocenters. The van der Waals surface area contributed by atoms with Gasteiger partial charge >= 0.3 is 0 Å². The van der Waals surface area contributed by atoms with Gasteiger partial charge in [0.1, 0.15) is 5.75 Å². The number of hydrogen-bond acceptors (Lipinski definition) is 1. The third kappa shape index (κ3) is 1.87. The van der Waals surface area contributed by atoms with Crippen molar-refractivity contribution in [3.8, 4) is 5.75 Å². The maximum absolute atomic E-state index is 5.54. The zero-order valence-electron chi connectivity index (χ0n) is 12.2. The van der Waals surface area contributed by atoms with Gasteiger partial charge in [-0.2, -0.15) is 0 Å². The van der Waals surface area contributed by atoms with Crippen LogP contribution in [-0.4, -0.2) is 19.6 Å². The van der Waals surface area contributed by atoms with Gasteiger partial charge in [-0.15, -0.1) is 0 Å². The highest BCUT2D eigenvalue weighted by molar-refractivity contribution is 6.79. The molecule has 3 heteroatoms. The number of methoxy groups -OCH3 is 1.